The predicted octanol–water partition coefficient (Wildman–Crippen LogP) is 5.25. The summed E-state index contributed by atoms with van der Waals surface area (Å²) in [5.41, 5.74) is 3.84. The van der Waals surface area contributed by atoms with Crippen LogP contribution in [-0.4, -0.2) is 68.6 Å². The first kappa shape index (κ1) is 38.4. The number of amides is 2. The number of rotatable bonds is 15. The van der Waals surface area contributed by atoms with Gasteiger partial charge in [0.1, 0.15) is 11.9 Å². The fourth-order valence-corrected chi connectivity index (χ4v) is 6.65. The third-order valence-corrected chi connectivity index (χ3v) is 9.59. The Labute approximate surface area is 308 Å². The summed E-state index contributed by atoms with van der Waals surface area (Å²) >= 11 is 0. The lowest BCUT2D eigenvalue weighted by molar-refractivity contribution is -0.120. The van der Waals surface area contributed by atoms with Crippen molar-refractivity contribution in [1.29, 1.82) is 0 Å². The Kier molecular flexibility index (Phi) is 12.4. The van der Waals surface area contributed by atoms with E-state index >= 15 is 0 Å². The normalized spacial score (nSPS) is 14.4. The van der Waals surface area contributed by atoms with Crippen LogP contribution < -0.4 is 45.1 Å². The third-order valence-electron chi connectivity index (χ3n) is 9.59. The van der Waals surface area contributed by atoms with Gasteiger partial charge in [-0.2, -0.15) is 4.98 Å². The Bertz CT molecular complexity index is 2010. The zero-order chi connectivity index (χ0) is 38.2. The summed E-state index contributed by atoms with van der Waals surface area (Å²) in [5.74, 6) is 2.59. The molecular weight excluding hydrogens is 680 g/mol. The van der Waals surface area contributed by atoms with Crippen LogP contribution in [0.5, 0.6) is 28.7 Å². The molecule has 1 aliphatic carbocycles. The smallest absolute Gasteiger partial charge is 0.249 e. The number of H-pyrrole nitrogens is 1. The second-order valence-electron chi connectivity index (χ2n) is 12.9. The van der Waals surface area contributed by atoms with Crippen LogP contribution in [0, 0.1) is 5.92 Å². The van der Waals surface area contributed by atoms with E-state index in [0.29, 0.717) is 77.8 Å². The SMILES string of the molecule is CC[C@@H](C)[C@H](Nc1ccc2c(cc1=O)[C@@H](NC(C)=O)CCc1cc(OC)c(OC)c(OC)c1-2)C(=O)Nc1n[nH]c(CCc2ccc(OC)c(OC)c2)n1. The predicted molar refractivity (Wildman–Crippen MR) is 202 cm³/mol. The maximum Gasteiger partial charge on any atom is 0.249 e. The van der Waals surface area contributed by atoms with Gasteiger partial charge in [-0.1, -0.05) is 32.4 Å². The molecule has 0 radical (unpaired) electrons. The van der Waals surface area contributed by atoms with Crippen molar-refractivity contribution in [2.24, 2.45) is 5.92 Å². The van der Waals surface area contributed by atoms with Gasteiger partial charge in [0.15, 0.2) is 23.0 Å². The summed E-state index contributed by atoms with van der Waals surface area (Å²) in [7, 11) is 7.82. The lowest BCUT2D eigenvalue weighted by Crippen LogP contribution is -2.41. The molecule has 4 N–H and O–H groups in total. The number of methoxy groups -OCH3 is 5. The standard InChI is InChI=1S/C39H48N6O8/c1-9-21(2)35(38(48)43-39-42-33(44-45-39)17-11-23-10-16-30(49-4)31(18-23)50-5)41-28-15-13-25-26(20-29(28)47)27(40-22(3)46)14-12-24-19-32(51-6)36(52-7)37(53-8)34(24)25/h10,13,15-16,18-21,27,35H,9,11-12,14,17H2,1-8H3,(H,40,46)(H,41,47)(H2,42,43,44,45,48)/t21-,27+,35+/m1/s1. The Morgan fingerprint density at radius 2 is 1.64 bits per heavy atom. The van der Waals surface area contributed by atoms with E-state index in [-0.39, 0.29) is 28.9 Å². The molecule has 1 aliphatic rings. The van der Waals surface area contributed by atoms with Crippen molar-refractivity contribution in [3.63, 3.8) is 0 Å². The van der Waals surface area contributed by atoms with Crippen molar-refractivity contribution in [1.82, 2.24) is 20.5 Å². The molecule has 5 rings (SSSR count). The van der Waals surface area contributed by atoms with Crippen LogP contribution in [0.3, 0.4) is 0 Å². The minimum absolute atomic E-state index is 0.131. The second-order valence-corrected chi connectivity index (χ2v) is 12.9. The Balaban J connectivity index is 1.44. The van der Waals surface area contributed by atoms with Gasteiger partial charge in [-0.25, -0.2) is 0 Å². The van der Waals surface area contributed by atoms with Crippen LogP contribution in [0.25, 0.3) is 11.1 Å². The fraction of sp³-hybridized carbons (Fsp3) is 0.410. The summed E-state index contributed by atoms with van der Waals surface area (Å²) in [5, 5.41) is 16.2. The van der Waals surface area contributed by atoms with E-state index in [1.807, 2.05) is 44.2 Å². The van der Waals surface area contributed by atoms with Crippen LogP contribution in [0.4, 0.5) is 11.6 Å². The van der Waals surface area contributed by atoms with Gasteiger partial charge in [-0.05, 0) is 77.8 Å². The number of fused-ring (bicyclic) bond motifs is 3. The molecule has 0 aliphatic heterocycles. The van der Waals surface area contributed by atoms with Crippen molar-refractivity contribution >= 4 is 23.5 Å². The van der Waals surface area contributed by atoms with Gasteiger partial charge < -0.3 is 34.3 Å². The molecule has 0 saturated carbocycles. The van der Waals surface area contributed by atoms with Gasteiger partial charge in [-0.15, -0.1) is 5.10 Å². The molecule has 4 aromatic rings. The highest BCUT2D eigenvalue weighted by Crippen LogP contribution is 2.50. The Morgan fingerprint density at radius 3 is 2.30 bits per heavy atom. The number of aromatic nitrogens is 3. The molecule has 0 saturated heterocycles. The average molecular weight is 729 g/mol. The zero-order valence-corrected chi connectivity index (χ0v) is 31.5. The number of nitrogens with zero attached hydrogens (tertiary/aromatic N) is 2. The van der Waals surface area contributed by atoms with Gasteiger partial charge in [0, 0.05) is 18.9 Å². The van der Waals surface area contributed by atoms with E-state index < -0.39 is 18.0 Å². The van der Waals surface area contributed by atoms with E-state index in [9.17, 15) is 14.4 Å². The highest BCUT2D eigenvalue weighted by Gasteiger charge is 2.31. The van der Waals surface area contributed by atoms with Crippen molar-refractivity contribution < 1.29 is 33.3 Å². The van der Waals surface area contributed by atoms with E-state index in [0.717, 1.165) is 16.7 Å². The van der Waals surface area contributed by atoms with Crippen molar-refractivity contribution in [2.45, 2.75) is 65.0 Å². The molecule has 14 nitrogen and oxygen atoms in total. The molecule has 1 heterocycles. The molecule has 0 bridgehead atoms. The average Bonchev–Trinajstić information content (AvgIpc) is 3.48. The van der Waals surface area contributed by atoms with Crippen LogP contribution >= 0.6 is 0 Å². The fourth-order valence-electron chi connectivity index (χ4n) is 6.65. The molecule has 0 spiro atoms. The van der Waals surface area contributed by atoms with E-state index in [1.165, 1.54) is 20.1 Å². The van der Waals surface area contributed by atoms with Gasteiger partial charge in [0.2, 0.25) is 28.9 Å². The zero-order valence-electron chi connectivity index (χ0n) is 31.5. The minimum atomic E-state index is -0.805. The number of benzene rings is 2. The molecule has 3 atom stereocenters. The summed E-state index contributed by atoms with van der Waals surface area (Å²) < 4.78 is 27.9. The summed E-state index contributed by atoms with van der Waals surface area (Å²) in [6, 6.07) is 11.4. The van der Waals surface area contributed by atoms with Crippen LogP contribution in [0.15, 0.2) is 47.3 Å². The number of carbonyl (C=O) groups excluding carboxylic acids is 2. The Hall–Kier alpha value is -5.79. The largest absolute Gasteiger partial charge is 0.493 e. The van der Waals surface area contributed by atoms with Gasteiger partial charge >= 0.3 is 0 Å². The number of hydrogen-bond donors (Lipinski definition) is 4. The summed E-state index contributed by atoms with van der Waals surface area (Å²) in [6.07, 6.45) is 2.94. The van der Waals surface area contributed by atoms with Gasteiger partial charge in [0.05, 0.1) is 47.3 Å². The van der Waals surface area contributed by atoms with Crippen LogP contribution in [0.1, 0.15) is 62.2 Å². The number of carbonyl (C=O) groups is 2. The van der Waals surface area contributed by atoms with E-state index in [4.69, 9.17) is 23.7 Å². The second kappa shape index (κ2) is 17.2. The monoisotopic (exact) mass is 728 g/mol. The molecule has 3 aromatic carbocycles. The quantitative estimate of drug-likeness (QED) is 0.126. The lowest BCUT2D eigenvalue weighted by atomic mass is 9.95. The molecule has 2 amide bonds. The number of aryl methyl sites for hydroxylation is 3. The lowest BCUT2D eigenvalue weighted by Gasteiger charge is -2.23. The number of hydrogen-bond acceptors (Lipinski definition) is 11. The highest BCUT2D eigenvalue weighted by molar-refractivity contribution is 5.95. The van der Waals surface area contributed by atoms with Gasteiger partial charge in [0.25, 0.3) is 0 Å². The topological polar surface area (TPSA) is 175 Å². The van der Waals surface area contributed by atoms with Crippen LogP contribution in [-0.2, 0) is 28.9 Å². The van der Waals surface area contributed by atoms with Crippen molar-refractivity contribution in [3.05, 3.63) is 75.2 Å². The van der Waals surface area contributed by atoms with Crippen LogP contribution in [0.2, 0.25) is 0 Å². The van der Waals surface area contributed by atoms with E-state index in [2.05, 4.69) is 31.1 Å². The first-order valence-electron chi connectivity index (χ1n) is 17.5. The minimum Gasteiger partial charge on any atom is -0.493 e. The number of aromatic amines is 1. The molecule has 282 valence electrons. The molecule has 14 heteroatoms. The Morgan fingerprint density at radius 1 is 0.906 bits per heavy atom. The first-order chi connectivity index (χ1) is 25.5. The maximum absolute atomic E-state index is 14.0. The summed E-state index contributed by atoms with van der Waals surface area (Å²) in [6.45, 7) is 5.35. The maximum atomic E-state index is 14.0. The molecule has 53 heavy (non-hydrogen) atoms. The number of anilines is 2. The molecular formula is C39H48N6O8. The highest BCUT2D eigenvalue weighted by atomic mass is 16.5. The molecule has 0 fully saturated rings. The first-order valence-corrected chi connectivity index (χ1v) is 17.5. The number of nitrogens with one attached hydrogen (secondary N) is 4. The number of ether oxygens (including phenoxy) is 5. The van der Waals surface area contributed by atoms with Gasteiger partial charge in [-0.3, -0.25) is 24.8 Å². The van der Waals surface area contributed by atoms with Crippen molar-refractivity contribution in [2.75, 3.05) is 46.2 Å². The molecule has 1 aromatic heterocycles. The van der Waals surface area contributed by atoms with E-state index in [1.54, 1.807) is 34.5 Å². The van der Waals surface area contributed by atoms with Crippen molar-refractivity contribution in [3.8, 4) is 39.9 Å². The summed E-state index contributed by atoms with van der Waals surface area (Å²) in [4.78, 5) is 44.6. The third kappa shape index (κ3) is 8.48. The molecule has 0 unspecified atom stereocenters.